The minimum absolute atomic E-state index is 0.209. The molecule has 2 aromatic carbocycles. The fourth-order valence-electron chi connectivity index (χ4n) is 3.14. The number of carbonyl (C=O) groups excluding carboxylic acids is 3. The first-order chi connectivity index (χ1) is 14.5. The Hall–Kier alpha value is -3.23. The van der Waals surface area contributed by atoms with Crippen LogP contribution < -0.4 is 15.5 Å². The Morgan fingerprint density at radius 3 is 2.23 bits per heavy atom. The van der Waals surface area contributed by atoms with Crippen LogP contribution in [0.3, 0.4) is 0 Å². The SMILES string of the molecule is CNC(=O)c1ccc(NC(=O)COC(=O)c2ccc(C[NH+]3CCOCC3)cc2)cc1. The van der Waals surface area contributed by atoms with Gasteiger partial charge in [-0.25, -0.2) is 4.79 Å². The molecule has 1 aliphatic rings. The van der Waals surface area contributed by atoms with Crippen LogP contribution in [0.4, 0.5) is 5.69 Å². The number of nitrogens with one attached hydrogen (secondary N) is 3. The third-order valence-electron chi connectivity index (χ3n) is 4.84. The molecule has 30 heavy (non-hydrogen) atoms. The van der Waals surface area contributed by atoms with Crippen LogP contribution in [0.2, 0.25) is 0 Å². The Morgan fingerprint density at radius 1 is 0.967 bits per heavy atom. The van der Waals surface area contributed by atoms with Gasteiger partial charge in [-0.15, -0.1) is 0 Å². The highest BCUT2D eigenvalue weighted by molar-refractivity contribution is 5.97. The average molecular weight is 412 g/mol. The van der Waals surface area contributed by atoms with E-state index >= 15 is 0 Å². The lowest BCUT2D eigenvalue weighted by atomic mass is 10.1. The van der Waals surface area contributed by atoms with Crippen LogP contribution in [0.25, 0.3) is 0 Å². The minimum Gasteiger partial charge on any atom is -0.452 e. The smallest absolute Gasteiger partial charge is 0.338 e. The molecule has 8 nitrogen and oxygen atoms in total. The Kier molecular flexibility index (Phi) is 7.53. The molecular formula is C22H26N3O5+. The van der Waals surface area contributed by atoms with E-state index in [0.29, 0.717) is 16.8 Å². The molecule has 8 heteroatoms. The number of ether oxygens (including phenoxy) is 2. The molecule has 0 saturated carbocycles. The molecule has 0 bridgehead atoms. The fourth-order valence-corrected chi connectivity index (χ4v) is 3.14. The van der Waals surface area contributed by atoms with Gasteiger partial charge >= 0.3 is 5.97 Å². The maximum atomic E-state index is 12.2. The zero-order chi connectivity index (χ0) is 21.3. The van der Waals surface area contributed by atoms with Crippen LogP contribution in [0, 0.1) is 0 Å². The van der Waals surface area contributed by atoms with Crippen molar-refractivity contribution in [3.63, 3.8) is 0 Å². The molecule has 1 saturated heterocycles. The summed E-state index contributed by atoms with van der Waals surface area (Å²) in [4.78, 5) is 37.2. The van der Waals surface area contributed by atoms with E-state index in [0.717, 1.165) is 38.4 Å². The third-order valence-corrected chi connectivity index (χ3v) is 4.84. The number of anilines is 1. The molecule has 1 fully saturated rings. The second-order valence-corrected chi connectivity index (χ2v) is 7.02. The van der Waals surface area contributed by atoms with Crippen molar-refractivity contribution in [3.8, 4) is 0 Å². The highest BCUT2D eigenvalue weighted by Gasteiger charge is 2.15. The van der Waals surface area contributed by atoms with E-state index < -0.39 is 18.5 Å². The lowest BCUT2D eigenvalue weighted by Crippen LogP contribution is -3.12. The van der Waals surface area contributed by atoms with Crippen molar-refractivity contribution in [2.24, 2.45) is 0 Å². The van der Waals surface area contributed by atoms with E-state index in [1.165, 1.54) is 4.90 Å². The van der Waals surface area contributed by atoms with Crippen molar-refractivity contribution in [1.82, 2.24) is 5.32 Å². The quantitative estimate of drug-likeness (QED) is 0.567. The molecule has 2 amide bonds. The van der Waals surface area contributed by atoms with Crippen LogP contribution >= 0.6 is 0 Å². The predicted octanol–water partition coefficient (Wildman–Crippen LogP) is 0.257. The highest BCUT2D eigenvalue weighted by atomic mass is 16.5. The van der Waals surface area contributed by atoms with Gasteiger partial charge < -0.3 is 25.0 Å². The number of esters is 1. The normalized spacial score (nSPS) is 14.0. The van der Waals surface area contributed by atoms with Crippen molar-refractivity contribution >= 4 is 23.5 Å². The summed E-state index contributed by atoms with van der Waals surface area (Å²) in [5, 5.41) is 5.15. The first-order valence-corrected chi connectivity index (χ1v) is 9.84. The van der Waals surface area contributed by atoms with E-state index in [1.807, 2.05) is 12.1 Å². The number of rotatable bonds is 7. The van der Waals surface area contributed by atoms with Crippen LogP contribution in [-0.2, 0) is 20.8 Å². The summed E-state index contributed by atoms with van der Waals surface area (Å²) in [6, 6.07) is 13.7. The van der Waals surface area contributed by atoms with Crippen LogP contribution in [0.5, 0.6) is 0 Å². The summed E-state index contributed by atoms with van der Waals surface area (Å²) in [5.74, 6) is -1.21. The molecule has 3 rings (SSSR count). The number of quaternary nitrogens is 1. The Balaban J connectivity index is 1.45. The number of benzene rings is 2. The van der Waals surface area contributed by atoms with E-state index in [1.54, 1.807) is 43.4 Å². The fraction of sp³-hybridized carbons (Fsp3) is 0.318. The van der Waals surface area contributed by atoms with E-state index in [-0.39, 0.29) is 5.91 Å². The minimum atomic E-state index is -0.551. The number of carbonyl (C=O) groups is 3. The number of hydrogen-bond acceptors (Lipinski definition) is 5. The van der Waals surface area contributed by atoms with Gasteiger partial charge in [-0.1, -0.05) is 12.1 Å². The Morgan fingerprint density at radius 2 is 1.60 bits per heavy atom. The molecule has 3 N–H and O–H groups in total. The molecule has 158 valence electrons. The monoisotopic (exact) mass is 412 g/mol. The van der Waals surface area contributed by atoms with Gasteiger partial charge in [0.15, 0.2) is 6.61 Å². The molecule has 1 aliphatic heterocycles. The van der Waals surface area contributed by atoms with Crippen LogP contribution in [0.15, 0.2) is 48.5 Å². The van der Waals surface area contributed by atoms with E-state index in [4.69, 9.17) is 9.47 Å². The Bertz CT molecular complexity index is 875. The molecule has 2 aromatic rings. The van der Waals surface area contributed by atoms with Gasteiger partial charge in [0, 0.05) is 23.9 Å². The molecule has 0 atom stereocenters. The van der Waals surface area contributed by atoms with Gasteiger partial charge in [0.2, 0.25) is 0 Å². The zero-order valence-electron chi connectivity index (χ0n) is 16.9. The second kappa shape index (κ2) is 10.5. The molecular weight excluding hydrogens is 386 g/mol. The average Bonchev–Trinajstić information content (AvgIpc) is 2.78. The van der Waals surface area contributed by atoms with E-state index in [2.05, 4.69) is 10.6 Å². The molecule has 1 heterocycles. The van der Waals surface area contributed by atoms with Gasteiger partial charge in [-0.2, -0.15) is 0 Å². The number of amides is 2. The van der Waals surface area contributed by atoms with Gasteiger partial charge in [-0.3, -0.25) is 9.59 Å². The lowest BCUT2D eigenvalue weighted by molar-refractivity contribution is -0.921. The molecule has 0 aliphatic carbocycles. The van der Waals surface area contributed by atoms with Crippen molar-refractivity contribution in [3.05, 3.63) is 65.2 Å². The van der Waals surface area contributed by atoms with Gasteiger partial charge in [0.1, 0.15) is 19.6 Å². The van der Waals surface area contributed by atoms with E-state index in [9.17, 15) is 14.4 Å². The first kappa shape index (κ1) is 21.5. The van der Waals surface area contributed by atoms with Gasteiger partial charge in [-0.05, 0) is 36.4 Å². The zero-order valence-corrected chi connectivity index (χ0v) is 16.9. The number of morpholine rings is 1. The topological polar surface area (TPSA) is 98.2 Å². The van der Waals surface area contributed by atoms with Crippen molar-refractivity contribution in [2.45, 2.75) is 6.54 Å². The standard InChI is InChI=1S/C22H25N3O5/c1-23-21(27)17-6-8-19(9-7-17)24-20(26)15-30-22(28)18-4-2-16(3-5-18)14-25-10-12-29-13-11-25/h2-9H,10-15H2,1H3,(H,23,27)(H,24,26)/p+1. The summed E-state index contributed by atoms with van der Waals surface area (Å²) in [6.07, 6.45) is 0. The highest BCUT2D eigenvalue weighted by Crippen LogP contribution is 2.10. The molecule has 0 radical (unpaired) electrons. The van der Waals surface area contributed by atoms with Gasteiger partial charge in [0.25, 0.3) is 11.8 Å². The van der Waals surface area contributed by atoms with Gasteiger partial charge in [0.05, 0.1) is 18.8 Å². The molecule has 0 unspecified atom stereocenters. The third kappa shape index (κ3) is 6.13. The van der Waals surface area contributed by atoms with Crippen molar-refractivity contribution in [1.29, 1.82) is 0 Å². The first-order valence-electron chi connectivity index (χ1n) is 9.84. The Labute approximate surface area is 175 Å². The van der Waals surface area contributed by atoms with Crippen LogP contribution in [-0.4, -0.2) is 57.7 Å². The summed E-state index contributed by atoms with van der Waals surface area (Å²) in [7, 11) is 1.55. The van der Waals surface area contributed by atoms with Crippen molar-refractivity contribution in [2.75, 3.05) is 45.3 Å². The second-order valence-electron chi connectivity index (χ2n) is 7.02. The van der Waals surface area contributed by atoms with Crippen molar-refractivity contribution < 1.29 is 28.8 Å². The summed E-state index contributed by atoms with van der Waals surface area (Å²) < 4.78 is 10.5. The summed E-state index contributed by atoms with van der Waals surface area (Å²) >= 11 is 0. The summed E-state index contributed by atoms with van der Waals surface area (Å²) in [6.45, 7) is 4.01. The maximum Gasteiger partial charge on any atom is 0.338 e. The van der Waals surface area contributed by atoms with Crippen LogP contribution in [0.1, 0.15) is 26.3 Å². The maximum absolute atomic E-state index is 12.2. The number of hydrogen-bond donors (Lipinski definition) is 3. The molecule has 0 aromatic heterocycles. The predicted molar refractivity (Wildman–Crippen MR) is 110 cm³/mol. The lowest BCUT2D eigenvalue weighted by Gasteiger charge is -2.23. The largest absolute Gasteiger partial charge is 0.452 e. The molecule has 0 spiro atoms. The summed E-state index contributed by atoms with van der Waals surface area (Å²) in [5.41, 5.74) is 2.54.